The van der Waals surface area contributed by atoms with Gasteiger partial charge in [-0.05, 0) is 23.0 Å². The van der Waals surface area contributed by atoms with Crippen LogP contribution in [0.1, 0.15) is 32.1 Å². The van der Waals surface area contributed by atoms with E-state index in [0.717, 1.165) is 12.8 Å². The molecule has 1 N–H and O–H groups in total. The minimum absolute atomic E-state index is 0.459. The third-order valence-electron chi connectivity index (χ3n) is 2.09. The predicted molar refractivity (Wildman–Crippen MR) is 51.2 cm³/mol. The van der Waals surface area contributed by atoms with Crippen molar-refractivity contribution in [2.75, 3.05) is 0 Å². The van der Waals surface area contributed by atoms with Crippen molar-refractivity contribution in [2.24, 2.45) is 0 Å². The van der Waals surface area contributed by atoms with Gasteiger partial charge in [0.25, 0.3) is 0 Å². The third-order valence-corrected chi connectivity index (χ3v) is 2.45. The fourth-order valence-electron chi connectivity index (χ4n) is 1.45. The molecule has 0 amide bonds. The van der Waals surface area contributed by atoms with E-state index in [4.69, 9.17) is 0 Å². The van der Waals surface area contributed by atoms with E-state index in [1.165, 1.54) is 19.3 Å². The van der Waals surface area contributed by atoms with Gasteiger partial charge in [-0.2, -0.15) is 0 Å². The van der Waals surface area contributed by atoms with Crippen molar-refractivity contribution < 1.29 is 5.11 Å². The minimum atomic E-state index is -0.459. The minimum Gasteiger partial charge on any atom is -0.386 e. The van der Waals surface area contributed by atoms with Crippen LogP contribution in [0.3, 0.4) is 0 Å². The SMILES string of the molecule is OC1(/C=C\I)CCCCC1. The Labute approximate surface area is 75.7 Å². The molecule has 0 bridgehead atoms. The smallest absolute Gasteiger partial charge is 0.0835 e. The Kier molecular flexibility index (Phi) is 3.17. The molecule has 1 rings (SSSR count). The van der Waals surface area contributed by atoms with Gasteiger partial charge in [0.2, 0.25) is 0 Å². The van der Waals surface area contributed by atoms with Crippen LogP contribution < -0.4 is 0 Å². The lowest BCUT2D eigenvalue weighted by Crippen LogP contribution is -2.28. The molecule has 1 nitrogen and oxygen atoms in total. The van der Waals surface area contributed by atoms with E-state index < -0.39 is 5.60 Å². The second-order valence-corrected chi connectivity index (χ2v) is 3.68. The van der Waals surface area contributed by atoms with Crippen LogP contribution in [0, 0.1) is 0 Å². The average molecular weight is 252 g/mol. The van der Waals surface area contributed by atoms with E-state index in [2.05, 4.69) is 22.6 Å². The van der Waals surface area contributed by atoms with E-state index >= 15 is 0 Å². The van der Waals surface area contributed by atoms with Crippen molar-refractivity contribution in [2.45, 2.75) is 37.7 Å². The first kappa shape index (κ1) is 8.53. The van der Waals surface area contributed by atoms with Crippen LogP contribution in [-0.2, 0) is 0 Å². The Hall–Kier alpha value is 0.430. The standard InChI is InChI=1S/C8H13IO/c9-7-6-8(10)4-2-1-3-5-8/h6-7,10H,1-5H2/b7-6-. The average Bonchev–Trinajstić information content (AvgIpc) is 1.89. The lowest BCUT2D eigenvalue weighted by Gasteiger charge is -2.28. The van der Waals surface area contributed by atoms with Crippen LogP contribution in [0.15, 0.2) is 10.2 Å². The molecule has 0 aromatic rings. The first-order valence-electron chi connectivity index (χ1n) is 3.77. The molecule has 1 aliphatic carbocycles. The number of rotatable bonds is 1. The van der Waals surface area contributed by atoms with Gasteiger partial charge in [-0.1, -0.05) is 41.9 Å². The van der Waals surface area contributed by atoms with E-state index in [-0.39, 0.29) is 0 Å². The molecule has 0 aromatic heterocycles. The largest absolute Gasteiger partial charge is 0.386 e. The molecule has 0 saturated heterocycles. The Morgan fingerprint density at radius 3 is 2.30 bits per heavy atom. The first-order valence-corrected chi connectivity index (χ1v) is 5.02. The summed E-state index contributed by atoms with van der Waals surface area (Å²) in [5.41, 5.74) is -0.459. The summed E-state index contributed by atoms with van der Waals surface area (Å²) in [5, 5.41) is 9.78. The maximum absolute atomic E-state index is 9.78. The molecule has 1 saturated carbocycles. The zero-order chi connectivity index (χ0) is 7.45. The summed E-state index contributed by atoms with van der Waals surface area (Å²) < 4.78 is 1.92. The number of hydrogen-bond acceptors (Lipinski definition) is 1. The van der Waals surface area contributed by atoms with Gasteiger partial charge in [0.1, 0.15) is 0 Å². The highest BCUT2D eigenvalue weighted by atomic mass is 127. The summed E-state index contributed by atoms with van der Waals surface area (Å²) in [6.45, 7) is 0. The van der Waals surface area contributed by atoms with E-state index in [9.17, 15) is 5.11 Å². The summed E-state index contributed by atoms with van der Waals surface area (Å²) in [6.07, 6.45) is 7.47. The maximum Gasteiger partial charge on any atom is 0.0835 e. The summed E-state index contributed by atoms with van der Waals surface area (Å²) in [7, 11) is 0. The molecule has 0 heterocycles. The van der Waals surface area contributed by atoms with Gasteiger partial charge < -0.3 is 5.11 Å². The van der Waals surface area contributed by atoms with Gasteiger partial charge in [0, 0.05) is 0 Å². The molecule has 0 atom stereocenters. The topological polar surface area (TPSA) is 20.2 Å². The number of halogens is 1. The molecule has 0 unspecified atom stereocenters. The number of aliphatic hydroxyl groups is 1. The van der Waals surface area contributed by atoms with Crippen LogP contribution in [-0.4, -0.2) is 10.7 Å². The summed E-state index contributed by atoms with van der Waals surface area (Å²) in [5.74, 6) is 0. The van der Waals surface area contributed by atoms with Gasteiger partial charge >= 0.3 is 0 Å². The summed E-state index contributed by atoms with van der Waals surface area (Å²) in [6, 6.07) is 0. The quantitative estimate of drug-likeness (QED) is 0.711. The van der Waals surface area contributed by atoms with Gasteiger partial charge in [-0.25, -0.2) is 0 Å². The van der Waals surface area contributed by atoms with Crippen LogP contribution in [0.4, 0.5) is 0 Å². The monoisotopic (exact) mass is 252 g/mol. The van der Waals surface area contributed by atoms with Crippen LogP contribution in [0.2, 0.25) is 0 Å². The molecule has 0 aromatic carbocycles. The lowest BCUT2D eigenvalue weighted by molar-refractivity contribution is 0.0516. The summed E-state index contributed by atoms with van der Waals surface area (Å²) >= 11 is 2.16. The van der Waals surface area contributed by atoms with Crippen molar-refractivity contribution in [3.63, 3.8) is 0 Å². The van der Waals surface area contributed by atoms with Gasteiger partial charge in [0.15, 0.2) is 0 Å². The fourth-order valence-corrected chi connectivity index (χ4v) is 2.12. The molecule has 1 aliphatic rings. The molecule has 1 fully saturated rings. The molecule has 0 aliphatic heterocycles. The van der Waals surface area contributed by atoms with E-state index in [0.29, 0.717) is 0 Å². The first-order chi connectivity index (χ1) is 4.77. The Morgan fingerprint density at radius 2 is 1.80 bits per heavy atom. The van der Waals surface area contributed by atoms with Gasteiger partial charge in [-0.15, -0.1) is 0 Å². The molecule has 0 radical (unpaired) electrons. The second-order valence-electron chi connectivity index (χ2n) is 2.96. The Morgan fingerprint density at radius 1 is 1.20 bits per heavy atom. The molecular weight excluding hydrogens is 239 g/mol. The fraction of sp³-hybridized carbons (Fsp3) is 0.750. The van der Waals surface area contributed by atoms with Crippen LogP contribution >= 0.6 is 22.6 Å². The maximum atomic E-state index is 9.78. The molecule has 2 heteroatoms. The molecule has 0 spiro atoms. The molecule has 10 heavy (non-hydrogen) atoms. The van der Waals surface area contributed by atoms with Gasteiger partial charge in [0.05, 0.1) is 5.60 Å². The highest BCUT2D eigenvalue weighted by molar-refractivity contribution is 14.1. The predicted octanol–water partition coefficient (Wildman–Crippen LogP) is 2.63. The van der Waals surface area contributed by atoms with Crippen molar-refractivity contribution in [1.82, 2.24) is 0 Å². The van der Waals surface area contributed by atoms with Crippen molar-refractivity contribution in [1.29, 1.82) is 0 Å². The molecular formula is C8H13IO. The van der Waals surface area contributed by atoms with Crippen molar-refractivity contribution in [3.8, 4) is 0 Å². The number of hydrogen-bond donors (Lipinski definition) is 1. The van der Waals surface area contributed by atoms with Crippen molar-refractivity contribution >= 4 is 22.6 Å². The third kappa shape index (κ3) is 2.23. The second kappa shape index (κ2) is 3.72. The van der Waals surface area contributed by atoms with Crippen LogP contribution in [0.25, 0.3) is 0 Å². The highest BCUT2D eigenvalue weighted by Gasteiger charge is 2.25. The van der Waals surface area contributed by atoms with Gasteiger partial charge in [-0.3, -0.25) is 0 Å². The van der Waals surface area contributed by atoms with E-state index in [1.54, 1.807) is 0 Å². The lowest BCUT2D eigenvalue weighted by atomic mass is 9.85. The Bertz CT molecular complexity index is 125. The zero-order valence-electron chi connectivity index (χ0n) is 6.02. The zero-order valence-corrected chi connectivity index (χ0v) is 8.17. The van der Waals surface area contributed by atoms with Crippen LogP contribution in [0.5, 0.6) is 0 Å². The molecule has 58 valence electrons. The van der Waals surface area contributed by atoms with E-state index in [1.807, 2.05) is 10.2 Å². The Balaban J connectivity index is 2.48. The van der Waals surface area contributed by atoms with Crippen molar-refractivity contribution in [3.05, 3.63) is 10.2 Å². The normalized spacial score (nSPS) is 25.4. The highest BCUT2D eigenvalue weighted by Crippen LogP contribution is 2.29. The summed E-state index contributed by atoms with van der Waals surface area (Å²) in [4.78, 5) is 0.